The topological polar surface area (TPSA) is 65.2 Å². The Morgan fingerprint density at radius 2 is 2.43 bits per heavy atom. The van der Waals surface area contributed by atoms with Crippen LogP contribution in [-0.4, -0.2) is 36.0 Å². The number of hydrogen-bond acceptors (Lipinski definition) is 4. The van der Waals surface area contributed by atoms with Gasteiger partial charge in [-0.2, -0.15) is 5.10 Å². The lowest BCUT2D eigenvalue weighted by molar-refractivity contribution is 0.738. The highest BCUT2D eigenvalue weighted by Gasteiger charge is 2.13. The molecule has 0 fully saturated rings. The summed E-state index contributed by atoms with van der Waals surface area (Å²) < 4.78 is 1.89. The van der Waals surface area contributed by atoms with Crippen molar-refractivity contribution >= 4 is 22.9 Å². The maximum atomic E-state index is 7.60. The van der Waals surface area contributed by atoms with Crippen molar-refractivity contribution < 1.29 is 0 Å². The fourth-order valence-electron chi connectivity index (χ4n) is 2.67. The highest BCUT2D eigenvalue weighted by molar-refractivity contribution is 6.08. The second-order valence-corrected chi connectivity index (χ2v) is 5.02. The molecule has 5 heteroatoms. The highest BCUT2D eigenvalue weighted by Crippen LogP contribution is 2.27. The minimum Gasteiger partial charge on any atom is -0.393 e. The molecular weight excluding hydrogens is 262 g/mol. The molecule has 0 spiro atoms. The SMILES string of the molecule is CN/C=C(\C=N)c1cc(C2=CCNCC2)c2ccnn2c1. The summed E-state index contributed by atoms with van der Waals surface area (Å²) in [6.07, 6.45) is 10.2. The summed E-state index contributed by atoms with van der Waals surface area (Å²) in [6.45, 7) is 1.91. The predicted octanol–water partition coefficient (Wildman–Crippen LogP) is 1.92. The lowest BCUT2D eigenvalue weighted by Gasteiger charge is -2.16. The first kappa shape index (κ1) is 13.6. The third kappa shape index (κ3) is 2.60. The van der Waals surface area contributed by atoms with E-state index in [1.807, 2.05) is 36.2 Å². The van der Waals surface area contributed by atoms with Gasteiger partial charge in [0.05, 0.1) is 5.52 Å². The third-order valence-corrected chi connectivity index (χ3v) is 3.71. The van der Waals surface area contributed by atoms with Crippen molar-refractivity contribution in [2.75, 3.05) is 20.1 Å². The molecule has 0 aliphatic carbocycles. The van der Waals surface area contributed by atoms with Gasteiger partial charge < -0.3 is 16.0 Å². The number of aromatic nitrogens is 2. The van der Waals surface area contributed by atoms with Crippen LogP contribution in [0.5, 0.6) is 0 Å². The normalized spacial score (nSPS) is 15.9. The lowest BCUT2D eigenvalue weighted by atomic mass is 9.97. The van der Waals surface area contributed by atoms with E-state index < -0.39 is 0 Å². The van der Waals surface area contributed by atoms with Gasteiger partial charge in [0.2, 0.25) is 0 Å². The monoisotopic (exact) mass is 281 g/mol. The second-order valence-electron chi connectivity index (χ2n) is 5.02. The average Bonchev–Trinajstić information content (AvgIpc) is 3.01. The molecular formula is C16H19N5. The lowest BCUT2D eigenvalue weighted by Crippen LogP contribution is -2.20. The molecule has 3 N–H and O–H groups in total. The van der Waals surface area contributed by atoms with Crippen molar-refractivity contribution in [1.82, 2.24) is 20.2 Å². The van der Waals surface area contributed by atoms with Crippen molar-refractivity contribution in [1.29, 1.82) is 5.41 Å². The van der Waals surface area contributed by atoms with Crippen LogP contribution in [0.2, 0.25) is 0 Å². The summed E-state index contributed by atoms with van der Waals surface area (Å²) in [4.78, 5) is 0. The molecule has 0 aromatic carbocycles. The van der Waals surface area contributed by atoms with Gasteiger partial charge in [-0.15, -0.1) is 0 Å². The maximum absolute atomic E-state index is 7.60. The van der Waals surface area contributed by atoms with Gasteiger partial charge in [0.15, 0.2) is 0 Å². The molecule has 1 aliphatic heterocycles. The van der Waals surface area contributed by atoms with Crippen LogP contribution in [0.1, 0.15) is 17.5 Å². The number of allylic oxidation sites excluding steroid dienone is 1. The Kier molecular flexibility index (Phi) is 3.83. The smallest absolute Gasteiger partial charge is 0.0736 e. The summed E-state index contributed by atoms with van der Waals surface area (Å²) in [6, 6.07) is 4.19. The first-order valence-electron chi connectivity index (χ1n) is 7.09. The summed E-state index contributed by atoms with van der Waals surface area (Å²) in [5, 5.41) is 18.3. The Balaban J connectivity index is 2.18. The van der Waals surface area contributed by atoms with Crippen molar-refractivity contribution in [2.45, 2.75) is 6.42 Å². The van der Waals surface area contributed by atoms with E-state index in [0.717, 1.165) is 36.2 Å². The van der Waals surface area contributed by atoms with E-state index in [0.29, 0.717) is 0 Å². The minimum absolute atomic E-state index is 0.839. The Morgan fingerprint density at radius 3 is 3.14 bits per heavy atom. The minimum atomic E-state index is 0.839. The van der Waals surface area contributed by atoms with Gasteiger partial charge in [0.1, 0.15) is 0 Å². The molecule has 0 amide bonds. The van der Waals surface area contributed by atoms with E-state index in [-0.39, 0.29) is 0 Å². The van der Waals surface area contributed by atoms with Crippen LogP contribution in [0.3, 0.4) is 0 Å². The Morgan fingerprint density at radius 1 is 1.52 bits per heavy atom. The quantitative estimate of drug-likeness (QED) is 0.750. The largest absolute Gasteiger partial charge is 0.393 e. The fraction of sp³-hybridized carbons (Fsp3) is 0.250. The van der Waals surface area contributed by atoms with Crippen molar-refractivity contribution in [3.63, 3.8) is 0 Å². The zero-order valence-corrected chi connectivity index (χ0v) is 12.1. The van der Waals surface area contributed by atoms with E-state index in [2.05, 4.69) is 27.9 Å². The van der Waals surface area contributed by atoms with Gasteiger partial charge in [-0.05, 0) is 30.7 Å². The summed E-state index contributed by atoms with van der Waals surface area (Å²) in [5.41, 5.74) is 5.49. The zero-order valence-electron chi connectivity index (χ0n) is 12.1. The molecule has 21 heavy (non-hydrogen) atoms. The molecule has 1 aliphatic rings. The molecule has 0 bridgehead atoms. The Bertz CT molecular complexity index is 723. The van der Waals surface area contributed by atoms with Crippen LogP contribution in [-0.2, 0) is 0 Å². The van der Waals surface area contributed by atoms with E-state index in [1.165, 1.54) is 17.4 Å². The van der Waals surface area contributed by atoms with E-state index in [4.69, 9.17) is 5.41 Å². The van der Waals surface area contributed by atoms with Crippen molar-refractivity contribution in [3.8, 4) is 0 Å². The van der Waals surface area contributed by atoms with E-state index in [9.17, 15) is 0 Å². The number of hydrogen-bond donors (Lipinski definition) is 3. The first-order valence-corrected chi connectivity index (χ1v) is 7.09. The summed E-state index contributed by atoms with van der Waals surface area (Å²) >= 11 is 0. The Hall–Kier alpha value is -2.40. The van der Waals surface area contributed by atoms with Crippen molar-refractivity contribution in [3.05, 3.63) is 47.9 Å². The number of pyridine rings is 1. The predicted molar refractivity (Wildman–Crippen MR) is 86.5 cm³/mol. The van der Waals surface area contributed by atoms with Gasteiger partial charge in [0, 0.05) is 55.1 Å². The summed E-state index contributed by atoms with van der Waals surface area (Å²) in [5.74, 6) is 0. The first-order chi connectivity index (χ1) is 10.3. The molecule has 0 atom stereocenters. The molecule has 0 unspecified atom stereocenters. The Labute approximate surface area is 123 Å². The maximum Gasteiger partial charge on any atom is 0.0736 e. The van der Waals surface area contributed by atoms with Gasteiger partial charge in [0.25, 0.3) is 0 Å². The van der Waals surface area contributed by atoms with Gasteiger partial charge in [-0.25, -0.2) is 4.52 Å². The molecule has 3 heterocycles. The van der Waals surface area contributed by atoms with E-state index in [1.54, 1.807) is 0 Å². The van der Waals surface area contributed by atoms with Crippen molar-refractivity contribution in [2.24, 2.45) is 0 Å². The highest BCUT2D eigenvalue weighted by atomic mass is 15.2. The van der Waals surface area contributed by atoms with Crippen LogP contribution in [0.4, 0.5) is 0 Å². The number of rotatable bonds is 4. The molecule has 3 rings (SSSR count). The average molecular weight is 281 g/mol. The molecule has 2 aromatic heterocycles. The van der Waals surface area contributed by atoms with Gasteiger partial charge in [-0.1, -0.05) is 6.08 Å². The van der Waals surface area contributed by atoms with Crippen LogP contribution in [0.15, 0.2) is 36.8 Å². The molecule has 0 radical (unpaired) electrons. The van der Waals surface area contributed by atoms with Crippen LogP contribution in [0, 0.1) is 5.41 Å². The van der Waals surface area contributed by atoms with Gasteiger partial charge >= 0.3 is 0 Å². The van der Waals surface area contributed by atoms with E-state index >= 15 is 0 Å². The molecule has 5 nitrogen and oxygen atoms in total. The van der Waals surface area contributed by atoms with Gasteiger partial charge in [-0.3, -0.25) is 0 Å². The van der Waals surface area contributed by atoms with Crippen LogP contribution < -0.4 is 10.6 Å². The third-order valence-electron chi connectivity index (χ3n) is 3.71. The summed E-state index contributed by atoms with van der Waals surface area (Å²) in [7, 11) is 1.84. The molecule has 108 valence electrons. The second kappa shape index (κ2) is 5.93. The number of nitrogens with zero attached hydrogens (tertiary/aromatic N) is 2. The van der Waals surface area contributed by atoms with Crippen LogP contribution in [0.25, 0.3) is 16.7 Å². The molecule has 0 saturated heterocycles. The standard InChI is InChI=1S/C16H19N5/c1-18-10-14(9-17)13-8-15(12-2-5-19-6-3-12)16-4-7-20-21(16)11-13/h2,4,7-11,17-19H,3,5-6H2,1H3/b14-10+,17-9?. The fourth-order valence-corrected chi connectivity index (χ4v) is 2.67. The number of nitrogens with one attached hydrogen (secondary N) is 3. The number of fused-ring (bicyclic) bond motifs is 1. The zero-order chi connectivity index (χ0) is 14.7. The molecule has 0 saturated carbocycles. The molecule has 2 aromatic rings. The van der Waals surface area contributed by atoms with Crippen LogP contribution >= 0.6 is 0 Å².